The number of unbranched alkanes of at least 4 members (excludes halogenated alkanes) is 10. The first-order valence-corrected chi connectivity index (χ1v) is 10.1. The summed E-state index contributed by atoms with van der Waals surface area (Å²) in [7, 11) is -1.21. The summed E-state index contributed by atoms with van der Waals surface area (Å²) in [4.78, 5) is 0. The van der Waals surface area contributed by atoms with Crippen LogP contribution in [0.1, 0.15) is 90.9 Å². The fourth-order valence-corrected chi connectivity index (χ4v) is 3.95. The smallest absolute Gasteiger partial charge is 0.0762 e. The molecule has 0 aromatic carbocycles. The van der Waals surface area contributed by atoms with Gasteiger partial charge in [-0.05, 0) is 25.2 Å². The van der Waals surface area contributed by atoms with Crippen LogP contribution in [0.25, 0.3) is 0 Å². The molecule has 0 saturated carbocycles. The molecule has 18 heavy (non-hydrogen) atoms. The van der Waals surface area contributed by atoms with Crippen molar-refractivity contribution in [3.8, 4) is 0 Å². The van der Waals surface area contributed by atoms with E-state index < -0.39 is 7.80 Å². The van der Waals surface area contributed by atoms with E-state index >= 15 is 0 Å². The Morgan fingerprint density at radius 1 is 0.556 bits per heavy atom. The second kappa shape index (κ2) is 15.3. The Kier molecular flexibility index (Phi) is 15.5. The van der Waals surface area contributed by atoms with Crippen molar-refractivity contribution in [3.05, 3.63) is 0 Å². The van der Waals surface area contributed by atoms with Crippen LogP contribution in [-0.2, 0) is 4.57 Å². The van der Waals surface area contributed by atoms with E-state index in [1.165, 1.54) is 70.6 Å². The molecule has 1 atom stereocenters. The van der Waals surface area contributed by atoms with Crippen LogP contribution in [-0.4, -0.2) is 12.3 Å². The standard InChI is InChI=1S/C16H35OP/c1-3-5-7-8-9-10-11-12-13-14-16-18(17)15-6-4-2/h18H,3-16H2,1-2H3. The third-order valence-electron chi connectivity index (χ3n) is 3.62. The fourth-order valence-electron chi connectivity index (χ4n) is 2.31. The maximum atomic E-state index is 11.6. The van der Waals surface area contributed by atoms with Crippen molar-refractivity contribution in [1.29, 1.82) is 0 Å². The molecule has 0 aliphatic heterocycles. The Balaban J connectivity index is 3.04. The number of hydrogen-bond donors (Lipinski definition) is 0. The van der Waals surface area contributed by atoms with Gasteiger partial charge in [0.1, 0.15) is 0 Å². The van der Waals surface area contributed by atoms with Crippen molar-refractivity contribution in [2.75, 3.05) is 12.3 Å². The summed E-state index contributed by atoms with van der Waals surface area (Å²) in [6.07, 6.45) is 18.1. The summed E-state index contributed by atoms with van der Waals surface area (Å²) in [5.74, 6) is 0. The van der Waals surface area contributed by atoms with Gasteiger partial charge in [0.05, 0.1) is 7.80 Å². The first-order valence-electron chi connectivity index (χ1n) is 8.33. The van der Waals surface area contributed by atoms with Gasteiger partial charge in [0.25, 0.3) is 0 Å². The van der Waals surface area contributed by atoms with Crippen LogP contribution in [0.3, 0.4) is 0 Å². The second-order valence-corrected chi connectivity index (χ2v) is 7.65. The van der Waals surface area contributed by atoms with Gasteiger partial charge in [0, 0.05) is 0 Å². The molecule has 1 unspecified atom stereocenters. The predicted octanol–water partition coefficient (Wildman–Crippen LogP) is 6.27. The average molecular weight is 274 g/mol. The molecular formula is C16H35OP. The van der Waals surface area contributed by atoms with Gasteiger partial charge in [0.2, 0.25) is 0 Å². The molecule has 2 heteroatoms. The molecule has 0 saturated heterocycles. The Bertz CT molecular complexity index is 180. The molecule has 0 fully saturated rings. The van der Waals surface area contributed by atoms with E-state index in [1.54, 1.807) is 0 Å². The Hall–Kier alpha value is 0.230. The van der Waals surface area contributed by atoms with Gasteiger partial charge in [-0.3, -0.25) is 0 Å². The summed E-state index contributed by atoms with van der Waals surface area (Å²) in [6.45, 7) is 4.45. The van der Waals surface area contributed by atoms with Crippen molar-refractivity contribution in [2.45, 2.75) is 90.9 Å². The van der Waals surface area contributed by atoms with E-state index in [4.69, 9.17) is 0 Å². The van der Waals surface area contributed by atoms with Crippen LogP contribution in [0.15, 0.2) is 0 Å². The fraction of sp³-hybridized carbons (Fsp3) is 1.00. The predicted molar refractivity (Wildman–Crippen MR) is 85.5 cm³/mol. The Morgan fingerprint density at radius 2 is 0.944 bits per heavy atom. The highest BCUT2D eigenvalue weighted by atomic mass is 31.1. The third kappa shape index (κ3) is 14.3. The van der Waals surface area contributed by atoms with Gasteiger partial charge in [-0.15, -0.1) is 0 Å². The van der Waals surface area contributed by atoms with E-state index in [0.29, 0.717) is 0 Å². The quantitative estimate of drug-likeness (QED) is 0.269. The van der Waals surface area contributed by atoms with Crippen molar-refractivity contribution in [3.63, 3.8) is 0 Å². The summed E-state index contributed by atoms with van der Waals surface area (Å²) >= 11 is 0. The lowest BCUT2D eigenvalue weighted by Gasteiger charge is -2.03. The van der Waals surface area contributed by atoms with Crippen LogP contribution in [0.2, 0.25) is 0 Å². The van der Waals surface area contributed by atoms with Crippen LogP contribution < -0.4 is 0 Å². The van der Waals surface area contributed by atoms with Gasteiger partial charge < -0.3 is 4.57 Å². The number of rotatable bonds is 14. The van der Waals surface area contributed by atoms with Gasteiger partial charge in [-0.25, -0.2) is 0 Å². The summed E-state index contributed by atoms with van der Waals surface area (Å²) in [6, 6.07) is 0. The minimum atomic E-state index is -1.21. The molecule has 0 rings (SSSR count). The molecule has 0 aliphatic rings. The lowest BCUT2D eigenvalue weighted by molar-refractivity contribution is 0.558. The van der Waals surface area contributed by atoms with E-state index in [9.17, 15) is 4.57 Å². The molecule has 1 nitrogen and oxygen atoms in total. The van der Waals surface area contributed by atoms with E-state index in [-0.39, 0.29) is 0 Å². The van der Waals surface area contributed by atoms with Crippen molar-refractivity contribution < 1.29 is 4.57 Å². The summed E-state index contributed by atoms with van der Waals surface area (Å²) in [5.41, 5.74) is 0. The minimum absolute atomic E-state index is 0.999. The maximum Gasteiger partial charge on any atom is 0.0762 e. The Labute approximate surface area is 116 Å². The third-order valence-corrected chi connectivity index (χ3v) is 5.44. The summed E-state index contributed by atoms with van der Waals surface area (Å²) < 4.78 is 11.6. The minimum Gasteiger partial charge on any atom is -0.327 e. The monoisotopic (exact) mass is 274 g/mol. The molecule has 0 aromatic rings. The SMILES string of the molecule is CCCCCCCCCCCC[PH](=O)CCCC. The molecule has 0 N–H and O–H groups in total. The van der Waals surface area contributed by atoms with Crippen molar-refractivity contribution in [2.24, 2.45) is 0 Å². The average Bonchev–Trinajstić information content (AvgIpc) is 2.38. The topological polar surface area (TPSA) is 17.1 Å². The summed E-state index contributed by atoms with van der Waals surface area (Å²) in [5, 5.41) is 0. The Morgan fingerprint density at radius 3 is 1.44 bits per heavy atom. The molecule has 0 amide bonds. The normalized spacial score (nSPS) is 12.8. The molecule has 0 aromatic heterocycles. The highest BCUT2D eigenvalue weighted by Crippen LogP contribution is 2.24. The molecule has 0 heterocycles. The van der Waals surface area contributed by atoms with Gasteiger partial charge in [-0.1, -0.05) is 78.1 Å². The number of hydrogen-bond acceptors (Lipinski definition) is 1. The molecule has 110 valence electrons. The first-order chi connectivity index (χ1) is 8.81. The van der Waals surface area contributed by atoms with Gasteiger partial charge in [-0.2, -0.15) is 0 Å². The lowest BCUT2D eigenvalue weighted by Crippen LogP contribution is -1.86. The van der Waals surface area contributed by atoms with Crippen LogP contribution in [0.5, 0.6) is 0 Å². The van der Waals surface area contributed by atoms with E-state index in [1.807, 2.05) is 0 Å². The molecular weight excluding hydrogens is 239 g/mol. The van der Waals surface area contributed by atoms with Crippen LogP contribution in [0, 0.1) is 0 Å². The van der Waals surface area contributed by atoms with Crippen LogP contribution in [0.4, 0.5) is 0 Å². The van der Waals surface area contributed by atoms with Crippen molar-refractivity contribution in [1.82, 2.24) is 0 Å². The van der Waals surface area contributed by atoms with Gasteiger partial charge >= 0.3 is 0 Å². The second-order valence-electron chi connectivity index (χ2n) is 5.57. The molecule has 0 spiro atoms. The zero-order chi connectivity index (χ0) is 13.5. The highest BCUT2D eigenvalue weighted by Gasteiger charge is 1.99. The van der Waals surface area contributed by atoms with Crippen molar-refractivity contribution >= 4 is 7.80 Å². The molecule has 0 radical (unpaired) electrons. The first kappa shape index (κ1) is 18.2. The van der Waals surface area contributed by atoms with Gasteiger partial charge in [0.15, 0.2) is 0 Å². The van der Waals surface area contributed by atoms with E-state index in [2.05, 4.69) is 13.8 Å². The molecule has 0 aliphatic carbocycles. The largest absolute Gasteiger partial charge is 0.327 e. The van der Waals surface area contributed by atoms with E-state index in [0.717, 1.165) is 18.7 Å². The zero-order valence-electron chi connectivity index (χ0n) is 12.8. The van der Waals surface area contributed by atoms with Crippen LogP contribution >= 0.6 is 7.80 Å². The zero-order valence-corrected chi connectivity index (χ0v) is 13.8. The maximum absolute atomic E-state index is 11.6. The lowest BCUT2D eigenvalue weighted by atomic mass is 10.1. The molecule has 0 bridgehead atoms. The highest BCUT2D eigenvalue weighted by molar-refractivity contribution is 7.44.